The molecule has 7 heteroatoms. The zero-order valence-corrected chi connectivity index (χ0v) is 20.3. The van der Waals surface area contributed by atoms with Crippen LogP contribution < -0.4 is 15.4 Å². The molecule has 1 fully saturated rings. The first-order valence-corrected chi connectivity index (χ1v) is 10.7. The molecule has 0 spiro atoms. The van der Waals surface area contributed by atoms with Crippen molar-refractivity contribution in [3.63, 3.8) is 0 Å². The van der Waals surface area contributed by atoms with Gasteiger partial charge in [-0.15, -0.1) is 24.0 Å². The maximum absolute atomic E-state index is 5.98. The molecule has 0 unspecified atom stereocenters. The van der Waals surface area contributed by atoms with Gasteiger partial charge in [0, 0.05) is 26.8 Å². The lowest BCUT2D eigenvalue weighted by Gasteiger charge is -2.22. The maximum Gasteiger partial charge on any atom is 0.191 e. The van der Waals surface area contributed by atoms with Crippen LogP contribution in [0.5, 0.6) is 5.75 Å². The Balaban J connectivity index is 0.00000420. The zero-order valence-electron chi connectivity index (χ0n) is 18.0. The molecular weight excluding hydrogens is 481 g/mol. The van der Waals surface area contributed by atoms with Gasteiger partial charge in [0.05, 0.1) is 19.3 Å². The normalized spacial score (nSPS) is 14.9. The number of hydrogen-bond donors (Lipinski definition) is 2. The van der Waals surface area contributed by atoms with E-state index in [-0.39, 0.29) is 24.0 Å². The highest BCUT2D eigenvalue weighted by Gasteiger charge is 2.12. The molecule has 6 nitrogen and oxygen atoms in total. The lowest BCUT2D eigenvalue weighted by atomic mass is 9.98. The molecule has 0 heterocycles. The molecule has 0 amide bonds. The van der Waals surface area contributed by atoms with Gasteiger partial charge >= 0.3 is 0 Å². The van der Waals surface area contributed by atoms with Gasteiger partial charge in [-0.25, -0.2) is 4.99 Å². The van der Waals surface area contributed by atoms with Gasteiger partial charge < -0.3 is 24.8 Å². The lowest BCUT2D eigenvalue weighted by molar-refractivity contribution is 0.0277. The van der Waals surface area contributed by atoms with Crippen molar-refractivity contribution in [2.45, 2.75) is 58.1 Å². The van der Waals surface area contributed by atoms with E-state index in [1.54, 1.807) is 7.11 Å². The topological polar surface area (TPSA) is 64.1 Å². The van der Waals surface area contributed by atoms with E-state index in [0.717, 1.165) is 43.4 Å². The Hall–Kier alpha value is -1.06. The fraction of sp³-hybridized carbons (Fsp3) is 0.682. The monoisotopic (exact) mass is 519 g/mol. The molecule has 1 saturated carbocycles. The second kappa shape index (κ2) is 16.7. The Kier molecular flexibility index (Phi) is 15.0. The van der Waals surface area contributed by atoms with Crippen molar-refractivity contribution in [2.24, 2.45) is 4.99 Å². The summed E-state index contributed by atoms with van der Waals surface area (Å²) in [7, 11) is 1.67. The largest absolute Gasteiger partial charge is 0.491 e. The molecule has 29 heavy (non-hydrogen) atoms. The summed E-state index contributed by atoms with van der Waals surface area (Å²) < 4.78 is 16.6. The first-order chi connectivity index (χ1) is 13.8. The summed E-state index contributed by atoms with van der Waals surface area (Å²) in [4.78, 5) is 4.67. The number of rotatable bonds is 12. The molecule has 0 bridgehead atoms. The lowest BCUT2D eigenvalue weighted by Crippen LogP contribution is -2.38. The second-order valence-corrected chi connectivity index (χ2v) is 7.09. The summed E-state index contributed by atoms with van der Waals surface area (Å²) in [5.74, 6) is 1.70. The van der Waals surface area contributed by atoms with E-state index in [2.05, 4.69) is 22.5 Å². The Morgan fingerprint density at radius 3 is 2.48 bits per heavy atom. The van der Waals surface area contributed by atoms with Gasteiger partial charge in [-0.1, -0.05) is 31.4 Å². The van der Waals surface area contributed by atoms with Crippen molar-refractivity contribution in [1.82, 2.24) is 10.6 Å². The van der Waals surface area contributed by atoms with Crippen LogP contribution in [-0.4, -0.2) is 52.1 Å². The first-order valence-electron chi connectivity index (χ1n) is 10.7. The number of hydrogen-bond acceptors (Lipinski definition) is 4. The van der Waals surface area contributed by atoms with Crippen LogP contribution in [-0.2, 0) is 16.0 Å². The van der Waals surface area contributed by atoms with Crippen LogP contribution in [0.25, 0.3) is 0 Å². The standard InChI is InChI=1S/C22H37N3O3.HI/c1-3-23-22(24-14-7-15-27-20-8-5-4-6-9-20)25-18-19-10-12-21(13-11-19)28-17-16-26-2;/h10-13,20H,3-9,14-18H2,1-2H3,(H2,23,24,25);1H. The molecule has 0 saturated heterocycles. The van der Waals surface area contributed by atoms with E-state index in [0.29, 0.717) is 25.9 Å². The second-order valence-electron chi connectivity index (χ2n) is 7.09. The van der Waals surface area contributed by atoms with E-state index < -0.39 is 0 Å². The minimum atomic E-state index is 0. The summed E-state index contributed by atoms with van der Waals surface area (Å²) in [6.45, 7) is 6.40. The molecule has 1 aliphatic rings. The summed E-state index contributed by atoms with van der Waals surface area (Å²) >= 11 is 0. The number of aliphatic imine (C=N–C) groups is 1. The smallest absolute Gasteiger partial charge is 0.191 e. The molecule has 0 atom stereocenters. The van der Waals surface area contributed by atoms with E-state index in [1.165, 1.54) is 32.1 Å². The quantitative estimate of drug-likeness (QED) is 0.188. The third-order valence-electron chi connectivity index (χ3n) is 4.76. The van der Waals surface area contributed by atoms with Crippen LogP contribution in [0.2, 0.25) is 0 Å². The van der Waals surface area contributed by atoms with Gasteiger partial charge in [0.2, 0.25) is 0 Å². The molecule has 1 aromatic rings. The van der Waals surface area contributed by atoms with Gasteiger partial charge in [-0.2, -0.15) is 0 Å². The minimum Gasteiger partial charge on any atom is -0.491 e. The average Bonchev–Trinajstić information content (AvgIpc) is 2.73. The Labute approximate surface area is 193 Å². The van der Waals surface area contributed by atoms with E-state index >= 15 is 0 Å². The summed E-state index contributed by atoms with van der Waals surface area (Å²) in [6.07, 6.45) is 7.95. The number of guanidine groups is 1. The van der Waals surface area contributed by atoms with Gasteiger partial charge in [-0.05, 0) is 43.9 Å². The summed E-state index contributed by atoms with van der Waals surface area (Å²) in [5, 5.41) is 6.69. The molecule has 0 aromatic heterocycles. The van der Waals surface area contributed by atoms with Crippen molar-refractivity contribution in [3.8, 4) is 5.75 Å². The predicted octanol–water partition coefficient (Wildman–Crippen LogP) is 4.12. The van der Waals surface area contributed by atoms with E-state index in [1.807, 2.05) is 24.3 Å². The minimum absolute atomic E-state index is 0. The first kappa shape index (κ1) is 26.0. The molecular formula is C22H38IN3O3. The van der Waals surface area contributed by atoms with Crippen molar-refractivity contribution < 1.29 is 14.2 Å². The van der Waals surface area contributed by atoms with Crippen molar-refractivity contribution >= 4 is 29.9 Å². The molecule has 1 aliphatic carbocycles. The van der Waals surface area contributed by atoms with Gasteiger partial charge in [0.1, 0.15) is 12.4 Å². The molecule has 0 radical (unpaired) electrons. The molecule has 166 valence electrons. The molecule has 1 aromatic carbocycles. The number of benzene rings is 1. The Morgan fingerprint density at radius 1 is 1.03 bits per heavy atom. The summed E-state index contributed by atoms with van der Waals surface area (Å²) in [5.41, 5.74) is 1.15. The molecule has 2 N–H and O–H groups in total. The summed E-state index contributed by atoms with van der Waals surface area (Å²) in [6, 6.07) is 8.05. The zero-order chi connectivity index (χ0) is 19.9. The van der Waals surface area contributed by atoms with E-state index in [9.17, 15) is 0 Å². The SMILES string of the molecule is CCNC(=NCc1ccc(OCCOC)cc1)NCCCOC1CCCCC1.I. The third kappa shape index (κ3) is 11.6. The number of methoxy groups -OCH3 is 1. The fourth-order valence-electron chi connectivity index (χ4n) is 3.21. The van der Waals surface area contributed by atoms with E-state index in [4.69, 9.17) is 14.2 Å². The average molecular weight is 519 g/mol. The molecule has 0 aliphatic heterocycles. The highest BCUT2D eigenvalue weighted by Crippen LogP contribution is 2.20. The maximum atomic E-state index is 5.98. The van der Waals surface area contributed by atoms with Crippen molar-refractivity contribution in [2.75, 3.05) is 40.0 Å². The van der Waals surface area contributed by atoms with Crippen molar-refractivity contribution in [3.05, 3.63) is 29.8 Å². The fourth-order valence-corrected chi connectivity index (χ4v) is 3.21. The highest BCUT2D eigenvalue weighted by atomic mass is 127. The van der Waals surface area contributed by atoms with Crippen molar-refractivity contribution in [1.29, 1.82) is 0 Å². The highest BCUT2D eigenvalue weighted by molar-refractivity contribution is 14.0. The van der Waals surface area contributed by atoms with Gasteiger partial charge in [-0.3, -0.25) is 0 Å². The predicted molar refractivity (Wildman–Crippen MR) is 129 cm³/mol. The number of ether oxygens (including phenoxy) is 3. The molecule has 2 rings (SSSR count). The van der Waals surface area contributed by atoms with Gasteiger partial charge in [0.25, 0.3) is 0 Å². The van der Waals surface area contributed by atoms with Crippen LogP contribution in [0, 0.1) is 0 Å². The Bertz CT molecular complexity index is 549. The van der Waals surface area contributed by atoms with Crippen LogP contribution in [0.15, 0.2) is 29.3 Å². The van der Waals surface area contributed by atoms with Crippen LogP contribution >= 0.6 is 24.0 Å². The van der Waals surface area contributed by atoms with Gasteiger partial charge in [0.15, 0.2) is 5.96 Å². The van der Waals surface area contributed by atoms with Crippen LogP contribution in [0.4, 0.5) is 0 Å². The van der Waals surface area contributed by atoms with Crippen LogP contribution in [0.1, 0.15) is 51.0 Å². The number of nitrogens with zero attached hydrogens (tertiary/aromatic N) is 1. The van der Waals surface area contributed by atoms with Crippen LogP contribution in [0.3, 0.4) is 0 Å². The Morgan fingerprint density at radius 2 is 1.79 bits per heavy atom. The number of nitrogens with one attached hydrogen (secondary N) is 2. The third-order valence-corrected chi connectivity index (χ3v) is 4.76. The number of halogens is 1.